The highest BCUT2D eigenvalue weighted by molar-refractivity contribution is 7.09. The van der Waals surface area contributed by atoms with E-state index in [0.29, 0.717) is 21.2 Å². The van der Waals surface area contributed by atoms with Crippen LogP contribution in [0, 0.1) is 6.92 Å². The monoisotopic (exact) mass is 439 g/mol. The van der Waals surface area contributed by atoms with Crippen molar-refractivity contribution in [1.29, 1.82) is 0 Å². The van der Waals surface area contributed by atoms with Crippen molar-refractivity contribution in [2.45, 2.75) is 6.92 Å². The lowest BCUT2D eigenvalue weighted by atomic mass is 10.0. The largest absolute Gasteiger partial charge is 0.341 e. The van der Waals surface area contributed by atoms with Gasteiger partial charge in [-0.2, -0.15) is 0 Å². The molecule has 7 heteroatoms. The van der Waals surface area contributed by atoms with Crippen LogP contribution in [-0.2, 0) is 7.05 Å². The third-order valence-electron chi connectivity index (χ3n) is 5.11. The van der Waals surface area contributed by atoms with Gasteiger partial charge in [-0.25, -0.2) is 4.98 Å². The number of aryl methyl sites for hydroxylation is 2. The molecule has 0 atom stereocenters. The lowest BCUT2D eigenvalue weighted by Crippen LogP contribution is -2.19. The predicted molar refractivity (Wildman–Crippen MR) is 122 cm³/mol. The molecule has 0 saturated heterocycles. The third kappa shape index (κ3) is 2.97. The van der Waals surface area contributed by atoms with Crippen molar-refractivity contribution in [2.75, 3.05) is 0 Å². The fraction of sp³-hybridized carbons (Fsp3) is 0.0909. The number of hydrogen-bond acceptors (Lipinski definition) is 3. The minimum absolute atomic E-state index is 0.122. The van der Waals surface area contributed by atoms with E-state index < -0.39 is 0 Å². The average molecular weight is 440 g/mol. The minimum atomic E-state index is -0.122. The second-order valence-corrected chi connectivity index (χ2v) is 8.85. The number of hydrogen-bond donors (Lipinski definition) is 1. The molecule has 2 aromatic carbocycles. The second kappa shape index (κ2) is 6.73. The van der Waals surface area contributed by atoms with E-state index in [-0.39, 0.29) is 5.56 Å². The van der Waals surface area contributed by atoms with E-state index >= 15 is 0 Å². The maximum absolute atomic E-state index is 13.0. The smallest absolute Gasteiger partial charge is 0.259 e. The number of benzene rings is 2. The van der Waals surface area contributed by atoms with E-state index in [1.165, 1.54) is 0 Å². The molecule has 5 rings (SSSR count). The van der Waals surface area contributed by atoms with Crippen molar-refractivity contribution in [3.05, 3.63) is 73.3 Å². The van der Waals surface area contributed by atoms with E-state index in [4.69, 9.17) is 23.2 Å². The van der Waals surface area contributed by atoms with Gasteiger partial charge in [0.05, 0.1) is 15.7 Å². The molecule has 0 amide bonds. The van der Waals surface area contributed by atoms with Crippen LogP contribution in [0.15, 0.2) is 52.6 Å². The van der Waals surface area contributed by atoms with Crippen LogP contribution in [0.2, 0.25) is 10.0 Å². The van der Waals surface area contributed by atoms with Crippen LogP contribution in [0.3, 0.4) is 0 Å². The number of thiazole rings is 1. The van der Waals surface area contributed by atoms with Gasteiger partial charge in [0.1, 0.15) is 5.65 Å². The Morgan fingerprint density at radius 1 is 1.03 bits per heavy atom. The maximum atomic E-state index is 13.0. The number of rotatable bonds is 2. The summed E-state index contributed by atoms with van der Waals surface area (Å²) < 4.78 is 1.63. The Morgan fingerprint density at radius 3 is 2.59 bits per heavy atom. The van der Waals surface area contributed by atoms with Crippen LogP contribution in [0.25, 0.3) is 44.3 Å². The van der Waals surface area contributed by atoms with Gasteiger partial charge in [0, 0.05) is 50.4 Å². The predicted octanol–water partition coefficient (Wildman–Crippen LogP) is 6.43. The van der Waals surface area contributed by atoms with Crippen molar-refractivity contribution in [2.24, 2.45) is 7.05 Å². The molecule has 0 spiro atoms. The average Bonchev–Trinajstić information content (AvgIpc) is 3.28. The van der Waals surface area contributed by atoms with Gasteiger partial charge in [-0.1, -0.05) is 35.3 Å². The van der Waals surface area contributed by atoms with E-state index in [1.54, 1.807) is 41.2 Å². The van der Waals surface area contributed by atoms with Gasteiger partial charge in [0.25, 0.3) is 5.56 Å². The molecule has 3 heterocycles. The van der Waals surface area contributed by atoms with Gasteiger partial charge in [0.2, 0.25) is 0 Å². The molecule has 3 aromatic heterocycles. The Balaban J connectivity index is 1.81. The molecule has 0 unspecified atom stereocenters. The van der Waals surface area contributed by atoms with Crippen LogP contribution < -0.4 is 5.56 Å². The number of pyridine rings is 1. The number of aromatic nitrogens is 3. The van der Waals surface area contributed by atoms with Gasteiger partial charge in [-0.15, -0.1) is 11.3 Å². The summed E-state index contributed by atoms with van der Waals surface area (Å²) >= 11 is 14.0. The number of H-pyrrole nitrogens is 1. The molecule has 144 valence electrons. The van der Waals surface area contributed by atoms with E-state index in [1.807, 2.05) is 25.1 Å². The van der Waals surface area contributed by atoms with E-state index in [0.717, 1.165) is 38.2 Å². The number of halogens is 2. The fourth-order valence-corrected chi connectivity index (χ4v) is 4.79. The summed E-state index contributed by atoms with van der Waals surface area (Å²) in [5, 5.41) is 6.06. The standard InChI is InChI=1S/C22H15Cl2N3OS/c1-11-25-20(10-29-11)12-3-6-19-15(7-12)16-9-17(22(28)27(2)21(16)26-19)14-5-4-13(23)8-18(14)24/h3-10,26H,1-2H3. The molecule has 0 saturated carbocycles. The van der Waals surface area contributed by atoms with Gasteiger partial charge in [0.15, 0.2) is 0 Å². The van der Waals surface area contributed by atoms with Gasteiger partial charge < -0.3 is 4.98 Å². The Morgan fingerprint density at radius 2 is 1.86 bits per heavy atom. The second-order valence-electron chi connectivity index (χ2n) is 6.95. The lowest BCUT2D eigenvalue weighted by Gasteiger charge is -2.08. The lowest BCUT2D eigenvalue weighted by molar-refractivity contribution is 0.896. The highest BCUT2D eigenvalue weighted by atomic mass is 35.5. The zero-order valence-electron chi connectivity index (χ0n) is 15.6. The molecule has 0 fully saturated rings. The highest BCUT2D eigenvalue weighted by Gasteiger charge is 2.16. The Labute approximate surface area is 180 Å². The minimum Gasteiger partial charge on any atom is -0.341 e. The summed E-state index contributed by atoms with van der Waals surface area (Å²) in [6.45, 7) is 2.00. The zero-order chi connectivity index (χ0) is 20.3. The molecule has 0 aliphatic rings. The van der Waals surface area contributed by atoms with Gasteiger partial charge >= 0.3 is 0 Å². The maximum Gasteiger partial charge on any atom is 0.259 e. The highest BCUT2D eigenvalue weighted by Crippen LogP contribution is 2.34. The first-order valence-corrected chi connectivity index (χ1v) is 10.6. The number of fused-ring (bicyclic) bond motifs is 3. The Kier molecular flexibility index (Phi) is 4.28. The topological polar surface area (TPSA) is 50.7 Å². The molecule has 29 heavy (non-hydrogen) atoms. The van der Waals surface area contributed by atoms with Crippen LogP contribution in [0.1, 0.15) is 5.01 Å². The summed E-state index contributed by atoms with van der Waals surface area (Å²) in [5.74, 6) is 0. The molecule has 5 aromatic rings. The molecule has 1 N–H and O–H groups in total. The molecule has 0 aliphatic carbocycles. The van der Waals surface area contributed by atoms with Crippen LogP contribution in [0.5, 0.6) is 0 Å². The van der Waals surface area contributed by atoms with Crippen LogP contribution in [0.4, 0.5) is 0 Å². The Hall–Kier alpha value is -2.60. The van der Waals surface area contributed by atoms with Crippen molar-refractivity contribution >= 4 is 56.5 Å². The third-order valence-corrected chi connectivity index (χ3v) is 6.43. The first-order valence-electron chi connectivity index (χ1n) is 8.96. The van der Waals surface area contributed by atoms with E-state index in [9.17, 15) is 4.79 Å². The summed E-state index contributed by atoms with van der Waals surface area (Å²) in [4.78, 5) is 21.0. The Bertz CT molecular complexity index is 1480. The molecule has 4 nitrogen and oxygen atoms in total. The summed E-state index contributed by atoms with van der Waals surface area (Å²) in [7, 11) is 1.76. The summed E-state index contributed by atoms with van der Waals surface area (Å²) in [6, 6.07) is 13.3. The van der Waals surface area contributed by atoms with Gasteiger partial charge in [-0.05, 0) is 37.3 Å². The SMILES string of the molecule is Cc1nc(-c2ccc3[nH]c4c(cc(-c5ccc(Cl)cc5Cl)c(=O)n4C)c3c2)cs1. The van der Waals surface area contributed by atoms with E-state index in [2.05, 4.69) is 21.4 Å². The molecular weight excluding hydrogens is 425 g/mol. The van der Waals surface area contributed by atoms with Crippen molar-refractivity contribution in [3.8, 4) is 22.4 Å². The van der Waals surface area contributed by atoms with Crippen LogP contribution in [-0.4, -0.2) is 14.5 Å². The first kappa shape index (κ1) is 18.4. The fourth-order valence-electron chi connectivity index (χ4n) is 3.65. The summed E-state index contributed by atoms with van der Waals surface area (Å²) in [5.41, 5.74) is 4.81. The van der Waals surface area contributed by atoms with Crippen LogP contribution >= 0.6 is 34.5 Å². The quantitative estimate of drug-likeness (QED) is 0.344. The number of nitrogens with zero attached hydrogens (tertiary/aromatic N) is 2. The molecule has 0 aliphatic heterocycles. The number of aromatic amines is 1. The van der Waals surface area contributed by atoms with Crippen molar-refractivity contribution < 1.29 is 0 Å². The molecular formula is C22H15Cl2N3OS. The number of nitrogens with one attached hydrogen (secondary N) is 1. The molecule has 0 bridgehead atoms. The van der Waals surface area contributed by atoms with Crippen molar-refractivity contribution in [1.82, 2.24) is 14.5 Å². The first-order chi connectivity index (χ1) is 13.9. The molecule has 0 radical (unpaired) electrons. The van der Waals surface area contributed by atoms with Crippen molar-refractivity contribution in [3.63, 3.8) is 0 Å². The summed E-state index contributed by atoms with van der Waals surface area (Å²) in [6.07, 6.45) is 0. The zero-order valence-corrected chi connectivity index (χ0v) is 17.9. The van der Waals surface area contributed by atoms with Gasteiger partial charge in [-0.3, -0.25) is 9.36 Å². The normalized spacial score (nSPS) is 11.6.